The number of methoxy groups -OCH3 is 1. The van der Waals surface area contributed by atoms with Crippen LogP contribution in [0.2, 0.25) is 0 Å². The molecule has 0 spiro atoms. The molecular formula is C16H17FO2. The summed E-state index contributed by atoms with van der Waals surface area (Å²) in [6, 6.07) is 11.9. The summed E-state index contributed by atoms with van der Waals surface area (Å²) in [5.41, 5.74) is 2.55. The van der Waals surface area contributed by atoms with Gasteiger partial charge in [-0.3, -0.25) is 0 Å². The van der Waals surface area contributed by atoms with Crippen LogP contribution in [0, 0.1) is 12.7 Å². The molecule has 100 valence electrons. The smallest absolute Gasteiger partial charge is 0.124 e. The standard InChI is InChI=1S/C16H17FO2/c1-11-6-7-14(16(8-11)19-2)15(18)10-12-4-3-5-13(17)9-12/h3-9,15,18H,10H2,1-2H3. The second-order valence-corrected chi connectivity index (χ2v) is 4.60. The maximum Gasteiger partial charge on any atom is 0.124 e. The lowest BCUT2D eigenvalue weighted by atomic mass is 9.99. The fourth-order valence-electron chi connectivity index (χ4n) is 2.09. The van der Waals surface area contributed by atoms with E-state index in [0.717, 1.165) is 16.7 Å². The molecule has 0 aliphatic rings. The van der Waals surface area contributed by atoms with Crippen LogP contribution >= 0.6 is 0 Å². The number of ether oxygens (including phenoxy) is 1. The van der Waals surface area contributed by atoms with Crippen molar-refractivity contribution in [2.75, 3.05) is 7.11 Å². The SMILES string of the molecule is COc1cc(C)ccc1C(O)Cc1cccc(F)c1. The predicted molar refractivity (Wildman–Crippen MR) is 72.8 cm³/mol. The summed E-state index contributed by atoms with van der Waals surface area (Å²) in [6.45, 7) is 1.96. The number of aryl methyl sites for hydroxylation is 1. The third-order valence-corrected chi connectivity index (χ3v) is 3.07. The molecule has 0 radical (unpaired) electrons. The van der Waals surface area contributed by atoms with Crippen LogP contribution in [0.5, 0.6) is 5.75 Å². The van der Waals surface area contributed by atoms with Gasteiger partial charge in [-0.1, -0.05) is 24.3 Å². The average Bonchev–Trinajstić information content (AvgIpc) is 2.38. The molecule has 1 N–H and O–H groups in total. The molecule has 0 saturated carbocycles. The van der Waals surface area contributed by atoms with Crippen LogP contribution in [0.4, 0.5) is 4.39 Å². The number of hydrogen-bond acceptors (Lipinski definition) is 2. The first kappa shape index (κ1) is 13.6. The minimum atomic E-state index is -0.711. The van der Waals surface area contributed by atoms with Crippen molar-refractivity contribution in [2.45, 2.75) is 19.4 Å². The molecule has 1 unspecified atom stereocenters. The Hall–Kier alpha value is -1.87. The Labute approximate surface area is 112 Å². The summed E-state index contributed by atoms with van der Waals surface area (Å²) >= 11 is 0. The highest BCUT2D eigenvalue weighted by atomic mass is 19.1. The Morgan fingerprint density at radius 2 is 2.00 bits per heavy atom. The van der Waals surface area contributed by atoms with E-state index in [1.807, 2.05) is 25.1 Å². The monoisotopic (exact) mass is 260 g/mol. The number of aliphatic hydroxyl groups excluding tert-OH is 1. The number of rotatable bonds is 4. The van der Waals surface area contributed by atoms with Gasteiger partial charge >= 0.3 is 0 Å². The van der Waals surface area contributed by atoms with Crippen LogP contribution in [0.3, 0.4) is 0 Å². The van der Waals surface area contributed by atoms with Gasteiger partial charge in [-0.25, -0.2) is 4.39 Å². The van der Waals surface area contributed by atoms with Crippen LogP contribution < -0.4 is 4.74 Å². The highest BCUT2D eigenvalue weighted by molar-refractivity contribution is 5.39. The largest absolute Gasteiger partial charge is 0.496 e. The van der Waals surface area contributed by atoms with E-state index < -0.39 is 6.10 Å². The highest BCUT2D eigenvalue weighted by Gasteiger charge is 2.14. The lowest BCUT2D eigenvalue weighted by molar-refractivity contribution is 0.174. The van der Waals surface area contributed by atoms with Gasteiger partial charge in [0.15, 0.2) is 0 Å². The van der Waals surface area contributed by atoms with Crippen molar-refractivity contribution in [2.24, 2.45) is 0 Å². The van der Waals surface area contributed by atoms with Crippen molar-refractivity contribution < 1.29 is 14.2 Å². The summed E-state index contributed by atoms with van der Waals surface area (Å²) in [5.74, 6) is 0.365. The maximum atomic E-state index is 13.1. The summed E-state index contributed by atoms with van der Waals surface area (Å²) in [4.78, 5) is 0. The fraction of sp³-hybridized carbons (Fsp3) is 0.250. The van der Waals surface area contributed by atoms with E-state index in [-0.39, 0.29) is 5.82 Å². The minimum Gasteiger partial charge on any atom is -0.496 e. The molecule has 1 atom stereocenters. The van der Waals surface area contributed by atoms with Gasteiger partial charge in [0.25, 0.3) is 0 Å². The van der Waals surface area contributed by atoms with Gasteiger partial charge in [0.1, 0.15) is 11.6 Å². The molecule has 0 fully saturated rings. The first-order chi connectivity index (χ1) is 9.10. The van der Waals surface area contributed by atoms with Crippen LogP contribution in [-0.4, -0.2) is 12.2 Å². The van der Waals surface area contributed by atoms with Crippen molar-refractivity contribution >= 4 is 0 Å². The molecule has 3 heteroatoms. The molecule has 0 aromatic heterocycles. The van der Waals surface area contributed by atoms with Crippen molar-refractivity contribution in [1.82, 2.24) is 0 Å². The summed E-state index contributed by atoms with van der Waals surface area (Å²) < 4.78 is 18.4. The number of halogens is 1. The third kappa shape index (κ3) is 3.32. The van der Waals surface area contributed by atoms with Crippen LogP contribution in [0.1, 0.15) is 22.8 Å². The van der Waals surface area contributed by atoms with Crippen LogP contribution in [0.15, 0.2) is 42.5 Å². The Morgan fingerprint density at radius 1 is 1.21 bits per heavy atom. The van der Waals surface area contributed by atoms with E-state index in [1.54, 1.807) is 19.2 Å². The lowest BCUT2D eigenvalue weighted by Gasteiger charge is -2.15. The van der Waals surface area contributed by atoms with E-state index in [4.69, 9.17) is 4.74 Å². The molecule has 0 heterocycles. The zero-order chi connectivity index (χ0) is 13.8. The number of hydrogen-bond donors (Lipinski definition) is 1. The summed E-state index contributed by atoms with van der Waals surface area (Å²) in [7, 11) is 1.58. The Bertz CT molecular complexity index is 566. The molecule has 2 aromatic rings. The van der Waals surface area contributed by atoms with Crippen LogP contribution in [0.25, 0.3) is 0 Å². The number of aliphatic hydroxyl groups is 1. The minimum absolute atomic E-state index is 0.291. The van der Waals surface area contributed by atoms with Crippen molar-refractivity contribution in [1.29, 1.82) is 0 Å². The molecule has 2 nitrogen and oxygen atoms in total. The number of benzene rings is 2. The normalized spacial score (nSPS) is 12.2. The molecule has 2 rings (SSSR count). The molecular weight excluding hydrogens is 243 g/mol. The van der Waals surface area contributed by atoms with E-state index in [0.29, 0.717) is 12.2 Å². The van der Waals surface area contributed by atoms with E-state index >= 15 is 0 Å². The zero-order valence-corrected chi connectivity index (χ0v) is 11.1. The van der Waals surface area contributed by atoms with Gasteiger partial charge < -0.3 is 9.84 Å². The first-order valence-corrected chi connectivity index (χ1v) is 6.17. The van der Waals surface area contributed by atoms with Gasteiger partial charge in [0, 0.05) is 12.0 Å². The second-order valence-electron chi connectivity index (χ2n) is 4.60. The zero-order valence-electron chi connectivity index (χ0n) is 11.1. The molecule has 2 aromatic carbocycles. The van der Waals surface area contributed by atoms with Gasteiger partial charge in [-0.15, -0.1) is 0 Å². The van der Waals surface area contributed by atoms with Crippen molar-refractivity contribution in [3.05, 3.63) is 65.0 Å². The van der Waals surface area contributed by atoms with E-state index in [2.05, 4.69) is 0 Å². The Morgan fingerprint density at radius 3 is 2.68 bits per heavy atom. The topological polar surface area (TPSA) is 29.5 Å². The maximum absolute atomic E-state index is 13.1. The lowest BCUT2D eigenvalue weighted by Crippen LogP contribution is -2.04. The molecule has 0 aliphatic carbocycles. The fourth-order valence-corrected chi connectivity index (χ4v) is 2.09. The quantitative estimate of drug-likeness (QED) is 0.912. The second kappa shape index (κ2) is 5.85. The van der Waals surface area contributed by atoms with Crippen molar-refractivity contribution in [3.8, 4) is 5.75 Å². The summed E-state index contributed by atoms with van der Waals surface area (Å²) in [6.07, 6.45) is -0.352. The Kier molecular flexibility index (Phi) is 4.17. The molecule has 0 bridgehead atoms. The molecule has 0 aliphatic heterocycles. The van der Waals surface area contributed by atoms with E-state index in [9.17, 15) is 9.50 Å². The molecule has 0 saturated heterocycles. The first-order valence-electron chi connectivity index (χ1n) is 6.17. The predicted octanol–water partition coefficient (Wildman–Crippen LogP) is 3.42. The van der Waals surface area contributed by atoms with Gasteiger partial charge in [0.2, 0.25) is 0 Å². The van der Waals surface area contributed by atoms with Crippen LogP contribution in [-0.2, 0) is 6.42 Å². The van der Waals surface area contributed by atoms with E-state index in [1.165, 1.54) is 12.1 Å². The third-order valence-electron chi connectivity index (χ3n) is 3.07. The van der Waals surface area contributed by atoms with Gasteiger partial charge in [-0.05, 0) is 36.2 Å². The molecule has 0 amide bonds. The van der Waals surface area contributed by atoms with Gasteiger partial charge in [0.05, 0.1) is 13.2 Å². The van der Waals surface area contributed by atoms with Crippen molar-refractivity contribution in [3.63, 3.8) is 0 Å². The summed E-state index contributed by atoms with van der Waals surface area (Å²) in [5, 5.41) is 10.3. The average molecular weight is 260 g/mol. The molecule has 19 heavy (non-hydrogen) atoms. The highest BCUT2D eigenvalue weighted by Crippen LogP contribution is 2.28. The van der Waals surface area contributed by atoms with Gasteiger partial charge in [-0.2, -0.15) is 0 Å². The Balaban J connectivity index is 2.22.